The molecule has 0 saturated carbocycles. The molecule has 0 spiro atoms. The van der Waals surface area contributed by atoms with E-state index in [2.05, 4.69) is 5.32 Å². The third-order valence-corrected chi connectivity index (χ3v) is 4.21. The molecule has 0 bridgehead atoms. The zero-order chi connectivity index (χ0) is 14.5. The summed E-state index contributed by atoms with van der Waals surface area (Å²) in [4.78, 5) is 13.9. The van der Waals surface area contributed by atoms with Gasteiger partial charge in [0.15, 0.2) is 0 Å². The lowest BCUT2D eigenvalue weighted by molar-refractivity contribution is -0.135. The van der Waals surface area contributed by atoms with Gasteiger partial charge in [-0.1, -0.05) is 43.6 Å². The Morgan fingerprint density at radius 1 is 1.35 bits per heavy atom. The summed E-state index contributed by atoms with van der Waals surface area (Å²) in [5, 5.41) is 4.36. The normalized spacial score (nSPS) is 16.7. The molecule has 0 radical (unpaired) electrons. The number of nitrogens with one attached hydrogen (secondary N) is 1. The smallest absolute Gasteiger partial charge is 0.225 e. The highest BCUT2D eigenvalue weighted by Gasteiger charge is 2.23. The molecule has 4 heteroatoms. The van der Waals surface area contributed by atoms with Crippen molar-refractivity contribution in [2.45, 2.75) is 39.3 Å². The molecule has 110 valence electrons. The van der Waals surface area contributed by atoms with Gasteiger partial charge in [0.1, 0.15) is 0 Å². The Labute approximate surface area is 126 Å². The van der Waals surface area contributed by atoms with Gasteiger partial charge in [-0.25, -0.2) is 0 Å². The molecule has 20 heavy (non-hydrogen) atoms. The Kier molecular flexibility index (Phi) is 5.44. The topological polar surface area (TPSA) is 32.3 Å². The summed E-state index contributed by atoms with van der Waals surface area (Å²) in [6, 6.07) is 8.40. The summed E-state index contributed by atoms with van der Waals surface area (Å²) in [6.07, 6.45) is 2.03. The van der Waals surface area contributed by atoms with Crippen LogP contribution in [0.2, 0.25) is 5.02 Å². The molecule has 1 N–H and O–H groups in total. The fourth-order valence-electron chi connectivity index (χ4n) is 2.57. The van der Waals surface area contributed by atoms with Crippen LogP contribution in [0.3, 0.4) is 0 Å². The van der Waals surface area contributed by atoms with Crippen molar-refractivity contribution in [1.82, 2.24) is 10.2 Å². The maximum atomic E-state index is 11.9. The first kappa shape index (κ1) is 15.3. The molecule has 0 aliphatic carbocycles. The van der Waals surface area contributed by atoms with Gasteiger partial charge < -0.3 is 10.2 Å². The predicted molar refractivity (Wildman–Crippen MR) is 82.7 cm³/mol. The predicted octanol–water partition coefficient (Wildman–Crippen LogP) is 3.08. The molecule has 0 unspecified atom stereocenters. The number of hydrogen-bond donors (Lipinski definition) is 1. The quantitative estimate of drug-likeness (QED) is 0.925. The number of carbonyl (C=O) groups is 1. The van der Waals surface area contributed by atoms with Crippen molar-refractivity contribution in [3.05, 3.63) is 34.9 Å². The average molecular weight is 295 g/mol. The highest BCUT2D eigenvalue weighted by atomic mass is 35.5. The number of rotatable bonds is 4. The molecule has 2 rings (SSSR count). The van der Waals surface area contributed by atoms with Gasteiger partial charge in [0, 0.05) is 36.6 Å². The molecule has 1 aliphatic rings. The second-order valence-electron chi connectivity index (χ2n) is 5.73. The molecule has 1 aromatic carbocycles. The fraction of sp³-hybridized carbons (Fsp3) is 0.562. The van der Waals surface area contributed by atoms with Gasteiger partial charge in [-0.3, -0.25) is 4.79 Å². The van der Waals surface area contributed by atoms with Gasteiger partial charge in [0.2, 0.25) is 5.91 Å². The molecule has 1 aromatic rings. The standard InChI is InChI=1S/C16H23ClN2O/c1-12(2)16(20)19-9-7-14(8-10-19)18-11-13-5-3-4-6-15(13)17/h3-6,12,14,18H,7-11H2,1-2H3. The van der Waals surface area contributed by atoms with Gasteiger partial charge in [0.25, 0.3) is 0 Å². The summed E-state index contributed by atoms with van der Waals surface area (Å²) in [6.45, 7) is 6.44. The molecule has 1 heterocycles. The van der Waals surface area contributed by atoms with E-state index in [0.29, 0.717) is 6.04 Å². The Morgan fingerprint density at radius 3 is 2.60 bits per heavy atom. The van der Waals surface area contributed by atoms with Crippen LogP contribution >= 0.6 is 11.6 Å². The molecule has 0 atom stereocenters. The van der Waals surface area contributed by atoms with Crippen LogP contribution in [0.5, 0.6) is 0 Å². The maximum Gasteiger partial charge on any atom is 0.225 e. The van der Waals surface area contributed by atoms with Crippen LogP contribution < -0.4 is 5.32 Å². The van der Waals surface area contributed by atoms with Crippen molar-refractivity contribution in [3.8, 4) is 0 Å². The van der Waals surface area contributed by atoms with E-state index in [1.54, 1.807) is 0 Å². The van der Waals surface area contributed by atoms with Gasteiger partial charge in [-0.2, -0.15) is 0 Å². The number of halogens is 1. The first-order chi connectivity index (χ1) is 9.58. The molecular weight excluding hydrogens is 272 g/mol. The van der Waals surface area contributed by atoms with Gasteiger partial charge >= 0.3 is 0 Å². The minimum atomic E-state index is 0.0997. The van der Waals surface area contributed by atoms with E-state index in [1.165, 1.54) is 0 Å². The van der Waals surface area contributed by atoms with Crippen LogP contribution in [0.1, 0.15) is 32.3 Å². The number of likely N-dealkylation sites (tertiary alicyclic amines) is 1. The number of benzene rings is 1. The largest absolute Gasteiger partial charge is 0.342 e. The van der Waals surface area contributed by atoms with Crippen LogP contribution in [0.4, 0.5) is 0 Å². The molecular formula is C16H23ClN2O. The molecule has 1 aliphatic heterocycles. The minimum absolute atomic E-state index is 0.0997. The van der Waals surface area contributed by atoms with Crippen LogP contribution in [-0.2, 0) is 11.3 Å². The van der Waals surface area contributed by atoms with Crippen molar-refractivity contribution < 1.29 is 4.79 Å². The maximum absolute atomic E-state index is 11.9. The lowest BCUT2D eigenvalue weighted by atomic mass is 10.0. The Hall–Kier alpha value is -1.06. The Balaban J connectivity index is 1.78. The van der Waals surface area contributed by atoms with Gasteiger partial charge in [0.05, 0.1) is 0 Å². The van der Waals surface area contributed by atoms with E-state index < -0.39 is 0 Å². The van der Waals surface area contributed by atoms with Crippen LogP contribution in [0, 0.1) is 5.92 Å². The van der Waals surface area contributed by atoms with E-state index in [9.17, 15) is 4.79 Å². The van der Waals surface area contributed by atoms with Crippen LogP contribution in [0.25, 0.3) is 0 Å². The van der Waals surface area contributed by atoms with E-state index in [4.69, 9.17) is 11.6 Å². The lowest BCUT2D eigenvalue weighted by Crippen LogP contribution is -2.46. The zero-order valence-corrected chi connectivity index (χ0v) is 13.0. The molecule has 1 saturated heterocycles. The van der Waals surface area contributed by atoms with E-state index in [0.717, 1.165) is 43.1 Å². The Morgan fingerprint density at radius 2 is 2.00 bits per heavy atom. The van der Waals surface area contributed by atoms with Crippen molar-refractivity contribution >= 4 is 17.5 Å². The van der Waals surface area contributed by atoms with Crippen molar-refractivity contribution in [3.63, 3.8) is 0 Å². The second kappa shape index (κ2) is 7.09. The molecule has 3 nitrogen and oxygen atoms in total. The molecule has 1 amide bonds. The number of nitrogens with zero attached hydrogens (tertiary/aromatic N) is 1. The monoisotopic (exact) mass is 294 g/mol. The summed E-state index contributed by atoms with van der Waals surface area (Å²) in [7, 11) is 0. The van der Waals surface area contributed by atoms with E-state index >= 15 is 0 Å². The first-order valence-corrected chi connectivity index (χ1v) is 7.71. The third kappa shape index (κ3) is 3.97. The number of hydrogen-bond acceptors (Lipinski definition) is 2. The van der Waals surface area contributed by atoms with Crippen molar-refractivity contribution in [2.75, 3.05) is 13.1 Å². The van der Waals surface area contributed by atoms with Gasteiger partial charge in [-0.15, -0.1) is 0 Å². The number of amides is 1. The molecule has 1 fully saturated rings. The number of carbonyl (C=O) groups excluding carboxylic acids is 1. The highest BCUT2D eigenvalue weighted by molar-refractivity contribution is 6.31. The van der Waals surface area contributed by atoms with Crippen molar-refractivity contribution in [2.24, 2.45) is 5.92 Å². The summed E-state index contributed by atoms with van der Waals surface area (Å²) >= 11 is 6.15. The lowest BCUT2D eigenvalue weighted by Gasteiger charge is -2.33. The number of piperidine rings is 1. The van der Waals surface area contributed by atoms with E-state index in [-0.39, 0.29) is 11.8 Å². The Bertz CT molecular complexity index is 454. The summed E-state index contributed by atoms with van der Waals surface area (Å²) in [5.41, 5.74) is 1.13. The van der Waals surface area contributed by atoms with Crippen LogP contribution in [0.15, 0.2) is 24.3 Å². The summed E-state index contributed by atoms with van der Waals surface area (Å²) < 4.78 is 0. The van der Waals surface area contributed by atoms with E-state index in [1.807, 2.05) is 43.0 Å². The second-order valence-corrected chi connectivity index (χ2v) is 6.13. The van der Waals surface area contributed by atoms with Crippen molar-refractivity contribution in [1.29, 1.82) is 0 Å². The minimum Gasteiger partial charge on any atom is -0.342 e. The highest BCUT2D eigenvalue weighted by Crippen LogP contribution is 2.17. The SMILES string of the molecule is CC(C)C(=O)N1CCC(NCc2ccccc2Cl)CC1. The van der Waals surface area contributed by atoms with Gasteiger partial charge in [-0.05, 0) is 24.5 Å². The average Bonchev–Trinajstić information content (AvgIpc) is 2.46. The first-order valence-electron chi connectivity index (χ1n) is 7.33. The molecule has 0 aromatic heterocycles. The van der Waals surface area contributed by atoms with Crippen LogP contribution in [-0.4, -0.2) is 29.9 Å². The third-order valence-electron chi connectivity index (χ3n) is 3.84. The summed E-state index contributed by atoms with van der Waals surface area (Å²) in [5.74, 6) is 0.372. The zero-order valence-electron chi connectivity index (χ0n) is 12.2. The fourth-order valence-corrected chi connectivity index (χ4v) is 2.77.